The zero-order valence-electron chi connectivity index (χ0n) is 14.2. The van der Waals surface area contributed by atoms with Gasteiger partial charge >= 0.3 is 0 Å². The van der Waals surface area contributed by atoms with Gasteiger partial charge in [0.05, 0.1) is 6.04 Å². The van der Waals surface area contributed by atoms with Crippen LogP contribution < -0.4 is 19.7 Å². The van der Waals surface area contributed by atoms with Gasteiger partial charge in [0.2, 0.25) is 11.8 Å². The van der Waals surface area contributed by atoms with E-state index in [9.17, 15) is 9.59 Å². The molecule has 3 rings (SSSR count). The molecule has 6 heteroatoms. The molecule has 2 amide bonds. The van der Waals surface area contributed by atoms with Gasteiger partial charge in [0.15, 0.2) is 11.5 Å². The van der Waals surface area contributed by atoms with Crippen LogP contribution in [-0.4, -0.2) is 37.6 Å². The number of benzene rings is 1. The molecule has 1 atom stereocenters. The molecular weight excluding hydrogens is 308 g/mol. The van der Waals surface area contributed by atoms with E-state index in [1.807, 2.05) is 32.0 Å². The van der Waals surface area contributed by atoms with Crippen molar-refractivity contribution in [3.63, 3.8) is 0 Å². The molecule has 0 radical (unpaired) electrons. The molecular formula is C18H24N2O4. The molecule has 2 aliphatic heterocycles. The molecule has 6 nitrogen and oxygen atoms in total. The summed E-state index contributed by atoms with van der Waals surface area (Å²) in [6.07, 6.45) is 1.96. The SMILES string of the molecule is CCC(CC)C(=O)N[C@H]1CC(=O)N(c2ccc3c(c2)OCCO3)C1. The van der Waals surface area contributed by atoms with Crippen LogP contribution in [0.3, 0.4) is 0 Å². The Kier molecular flexibility index (Phi) is 4.92. The number of carbonyl (C=O) groups is 2. The molecule has 130 valence electrons. The molecule has 1 aromatic carbocycles. The van der Waals surface area contributed by atoms with Crippen LogP contribution >= 0.6 is 0 Å². The molecule has 1 N–H and O–H groups in total. The minimum atomic E-state index is -0.140. The van der Waals surface area contributed by atoms with E-state index < -0.39 is 0 Å². The average Bonchev–Trinajstić information content (AvgIpc) is 2.95. The van der Waals surface area contributed by atoms with Crippen LogP contribution in [0.15, 0.2) is 18.2 Å². The number of amides is 2. The fraction of sp³-hybridized carbons (Fsp3) is 0.556. The molecule has 0 aromatic heterocycles. The molecule has 1 fully saturated rings. The summed E-state index contributed by atoms with van der Waals surface area (Å²) >= 11 is 0. The fourth-order valence-corrected chi connectivity index (χ4v) is 3.23. The van der Waals surface area contributed by atoms with Gasteiger partial charge in [-0.05, 0) is 25.0 Å². The van der Waals surface area contributed by atoms with Gasteiger partial charge in [-0.2, -0.15) is 0 Å². The first-order chi connectivity index (χ1) is 11.6. The third-order valence-electron chi connectivity index (χ3n) is 4.67. The Morgan fingerprint density at radius 1 is 1.25 bits per heavy atom. The van der Waals surface area contributed by atoms with Crippen molar-refractivity contribution < 1.29 is 19.1 Å². The second kappa shape index (κ2) is 7.11. The molecule has 0 unspecified atom stereocenters. The maximum absolute atomic E-state index is 12.3. The number of nitrogens with zero attached hydrogens (tertiary/aromatic N) is 1. The number of fused-ring (bicyclic) bond motifs is 1. The molecule has 0 spiro atoms. The number of anilines is 1. The summed E-state index contributed by atoms with van der Waals surface area (Å²) in [5.74, 6) is 1.44. The van der Waals surface area contributed by atoms with Crippen LogP contribution in [0.1, 0.15) is 33.1 Å². The number of nitrogens with one attached hydrogen (secondary N) is 1. The van der Waals surface area contributed by atoms with Crippen molar-refractivity contribution in [3.8, 4) is 11.5 Å². The van der Waals surface area contributed by atoms with E-state index in [0.717, 1.165) is 18.5 Å². The molecule has 0 bridgehead atoms. The normalized spacial score (nSPS) is 19.7. The van der Waals surface area contributed by atoms with E-state index in [1.165, 1.54) is 0 Å². The second-order valence-electron chi connectivity index (χ2n) is 6.26. The number of hydrogen-bond donors (Lipinski definition) is 1. The second-order valence-corrected chi connectivity index (χ2v) is 6.26. The van der Waals surface area contributed by atoms with Crippen molar-refractivity contribution >= 4 is 17.5 Å². The molecule has 1 aromatic rings. The Morgan fingerprint density at radius 3 is 2.67 bits per heavy atom. The van der Waals surface area contributed by atoms with Gasteiger partial charge in [-0.1, -0.05) is 13.8 Å². The standard InChI is InChI=1S/C18H24N2O4/c1-3-12(4-2)18(22)19-13-9-17(21)20(11-13)14-5-6-15-16(10-14)24-8-7-23-15/h5-6,10,12-13H,3-4,7-9,11H2,1-2H3,(H,19,22)/t13-/m0/s1. The maximum atomic E-state index is 12.3. The monoisotopic (exact) mass is 332 g/mol. The van der Waals surface area contributed by atoms with Crippen LogP contribution in [0.4, 0.5) is 5.69 Å². The molecule has 1 saturated heterocycles. The minimum Gasteiger partial charge on any atom is -0.486 e. The summed E-state index contributed by atoms with van der Waals surface area (Å²) in [5, 5.41) is 3.02. The summed E-state index contributed by atoms with van der Waals surface area (Å²) in [5.41, 5.74) is 0.781. The van der Waals surface area contributed by atoms with Gasteiger partial charge in [0.25, 0.3) is 0 Å². The number of rotatable bonds is 5. The van der Waals surface area contributed by atoms with Crippen molar-refractivity contribution in [3.05, 3.63) is 18.2 Å². The summed E-state index contributed by atoms with van der Waals surface area (Å²) in [4.78, 5) is 26.3. The van der Waals surface area contributed by atoms with E-state index in [2.05, 4.69) is 5.32 Å². The van der Waals surface area contributed by atoms with E-state index in [-0.39, 0.29) is 23.8 Å². The Morgan fingerprint density at radius 2 is 1.96 bits per heavy atom. The lowest BCUT2D eigenvalue weighted by molar-refractivity contribution is -0.125. The summed E-state index contributed by atoms with van der Waals surface area (Å²) in [6, 6.07) is 5.38. The number of ether oxygens (including phenoxy) is 2. The van der Waals surface area contributed by atoms with Crippen LogP contribution in [0.2, 0.25) is 0 Å². The molecule has 24 heavy (non-hydrogen) atoms. The summed E-state index contributed by atoms with van der Waals surface area (Å²) in [7, 11) is 0. The van der Waals surface area contributed by atoms with Crippen molar-refractivity contribution in [2.24, 2.45) is 5.92 Å². The molecule has 2 aliphatic rings. The topological polar surface area (TPSA) is 67.9 Å². The fourth-order valence-electron chi connectivity index (χ4n) is 3.23. The van der Waals surface area contributed by atoms with Crippen LogP contribution in [0, 0.1) is 5.92 Å². The quantitative estimate of drug-likeness (QED) is 0.897. The Balaban J connectivity index is 1.68. The zero-order chi connectivity index (χ0) is 17.1. The van der Waals surface area contributed by atoms with Gasteiger partial charge in [0, 0.05) is 30.6 Å². The summed E-state index contributed by atoms with van der Waals surface area (Å²) < 4.78 is 11.1. The highest BCUT2D eigenvalue weighted by Gasteiger charge is 2.33. The Labute approximate surface area is 142 Å². The highest BCUT2D eigenvalue weighted by atomic mass is 16.6. The van der Waals surface area contributed by atoms with Crippen molar-refractivity contribution in [2.75, 3.05) is 24.7 Å². The smallest absolute Gasteiger partial charge is 0.229 e. The number of carbonyl (C=O) groups excluding carboxylic acids is 2. The van der Waals surface area contributed by atoms with Gasteiger partial charge < -0.3 is 19.7 Å². The highest BCUT2D eigenvalue weighted by Crippen LogP contribution is 2.35. The molecule has 0 aliphatic carbocycles. The average molecular weight is 332 g/mol. The molecule has 0 saturated carbocycles. The Hall–Kier alpha value is -2.24. The van der Waals surface area contributed by atoms with Crippen molar-refractivity contribution in [2.45, 2.75) is 39.2 Å². The van der Waals surface area contributed by atoms with Crippen molar-refractivity contribution in [1.82, 2.24) is 5.32 Å². The Bertz CT molecular complexity index is 627. The molecule has 2 heterocycles. The zero-order valence-corrected chi connectivity index (χ0v) is 14.2. The van der Waals surface area contributed by atoms with Gasteiger partial charge in [-0.3, -0.25) is 9.59 Å². The lowest BCUT2D eigenvalue weighted by Crippen LogP contribution is -2.40. The lowest BCUT2D eigenvalue weighted by atomic mass is 10.0. The van der Waals surface area contributed by atoms with E-state index in [4.69, 9.17) is 9.47 Å². The highest BCUT2D eigenvalue weighted by molar-refractivity contribution is 5.97. The predicted octanol–water partition coefficient (Wildman–Crippen LogP) is 2.12. The van der Waals surface area contributed by atoms with Crippen LogP contribution in [0.5, 0.6) is 11.5 Å². The van der Waals surface area contributed by atoms with E-state index >= 15 is 0 Å². The van der Waals surface area contributed by atoms with E-state index in [1.54, 1.807) is 4.90 Å². The first kappa shape index (κ1) is 16.6. The maximum Gasteiger partial charge on any atom is 0.229 e. The third-order valence-corrected chi connectivity index (χ3v) is 4.67. The number of hydrogen-bond acceptors (Lipinski definition) is 4. The third kappa shape index (κ3) is 3.32. The predicted molar refractivity (Wildman–Crippen MR) is 90.4 cm³/mol. The summed E-state index contributed by atoms with van der Waals surface area (Å²) in [6.45, 7) is 5.56. The van der Waals surface area contributed by atoms with Crippen molar-refractivity contribution in [1.29, 1.82) is 0 Å². The first-order valence-electron chi connectivity index (χ1n) is 8.62. The van der Waals surface area contributed by atoms with E-state index in [0.29, 0.717) is 37.7 Å². The van der Waals surface area contributed by atoms with Crippen LogP contribution in [-0.2, 0) is 9.59 Å². The van der Waals surface area contributed by atoms with Gasteiger partial charge in [-0.25, -0.2) is 0 Å². The first-order valence-corrected chi connectivity index (χ1v) is 8.62. The van der Waals surface area contributed by atoms with Gasteiger partial charge in [-0.15, -0.1) is 0 Å². The minimum absolute atomic E-state index is 0.0153. The van der Waals surface area contributed by atoms with Crippen LogP contribution in [0.25, 0.3) is 0 Å². The largest absolute Gasteiger partial charge is 0.486 e. The van der Waals surface area contributed by atoms with Gasteiger partial charge in [0.1, 0.15) is 13.2 Å². The lowest BCUT2D eigenvalue weighted by Gasteiger charge is -2.22.